The largest absolute Gasteiger partial charge is 0.455 e. The van der Waals surface area contributed by atoms with Gasteiger partial charge in [-0.25, -0.2) is 0 Å². The van der Waals surface area contributed by atoms with Crippen molar-refractivity contribution < 1.29 is 4.74 Å². The molecular formula is C17H17BrClNO. The van der Waals surface area contributed by atoms with Crippen molar-refractivity contribution in [3.8, 4) is 11.5 Å². The summed E-state index contributed by atoms with van der Waals surface area (Å²) in [4.78, 5) is 0. The first-order chi connectivity index (χ1) is 10.1. The Bertz CT molecular complexity index is 655. The number of halogens is 2. The minimum atomic E-state index is 0.611. The fraction of sp³-hybridized carbons (Fsp3) is 0.294. The Morgan fingerprint density at radius 1 is 1.19 bits per heavy atom. The van der Waals surface area contributed by atoms with Gasteiger partial charge in [0.2, 0.25) is 0 Å². The van der Waals surface area contributed by atoms with Crippen molar-refractivity contribution >= 4 is 27.5 Å². The van der Waals surface area contributed by atoms with Crippen LogP contribution in [0.3, 0.4) is 0 Å². The summed E-state index contributed by atoms with van der Waals surface area (Å²) < 4.78 is 6.98. The third-order valence-electron chi connectivity index (χ3n) is 3.49. The molecule has 2 aromatic rings. The first kappa shape index (κ1) is 14.9. The Balaban J connectivity index is 1.84. The van der Waals surface area contributed by atoms with E-state index in [4.69, 9.17) is 16.3 Å². The second-order valence-electron chi connectivity index (χ2n) is 5.44. The SMILES string of the molecule is Cc1ccc(Oc2cc(Br)ccc2Cl)c(CNC2CC2)c1. The van der Waals surface area contributed by atoms with Gasteiger partial charge in [-0.3, -0.25) is 0 Å². The average molecular weight is 367 g/mol. The highest BCUT2D eigenvalue weighted by atomic mass is 79.9. The molecule has 1 fully saturated rings. The molecule has 2 aromatic carbocycles. The molecule has 3 rings (SSSR count). The highest BCUT2D eigenvalue weighted by Gasteiger charge is 2.20. The standard InChI is InChI=1S/C17H17BrClNO/c1-11-2-7-16(12(8-11)10-20-14-4-5-14)21-17-9-13(18)3-6-15(17)19/h2-3,6-9,14,20H,4-5,10H2,1H3. The molecule has 1 saturated carbocycles. The number of nitrogens with one attached hydrogen (secondary N) is 1. The molecule has 0 aliphatic heterocycles. The maximum Gasteiger partial charge on any atom is 0.147 e. The maximum atomic E-state index is 6.21. The third kappa shape index (κ3) is 4.00. The number of ether oxygens (including phenoxy) is 1. The van der Waals surface area contributed by atoms with Crippen LogP contribution in [0.2, 0.25) is 5.02 Å². The van der Waals surface area contributed by atoms with Gasteiger partial charge in [-0.2, -0.15) is 0 Å². The lowest BCUT2D eigenvalue weighted by atomic mass is 10.1. The second-order valence-corrected chi connectivity index (χ2v) is 6.77. The fourth-order valence-electron chi connectivity index (χ4n) is 2.16. The average Bonchev–Trinajstić information content (AvgIpc) is 3.27. The van der Waals surface area contributed by atoms with Gasteiger partial charge in [-0.1, -0.05) is 45.2 Å². The zero-order chi connectivity index (χ0) is 14.8. The van der Waals surface area contributed by atoms with Gasteiger partial charge in [0.15, 0.2) is 0 Å². The summed E-state index contributed by atoms with van der Waals surface area (Å²) in [5.41, 5.74) is 2.40. The summed E-state index contributed by atoms with van der Waals surface area (Å²) in [6.07, 6.45) is 2.55. The van der Waals surface area contributed by atoms with Crippen LogP contribution in [0, 0.1) is 6.92 Å². The summed E-state index contributed by atoms with van der Waals surface area (Å²) in [5, 5.41) is 4.14. The zero-order valence-electron chi connectivity index (χ0n) is 11.8. The quantitative estimate of drug-likeness (QED) is 0.759. The normalized spacial score (nSPS) is 14.2. The van der Waals surface area contributed by atoms with Crippen LogP contribution in [0.5, 0.6) is 11.5 Å². The monoisotopic (exact) mass is 365 g/mol. The van der Waals surface area contributed by atoms with E-state index in [1.807, 2.05) is 24.3 Å². The molecule has 1 aliphatic carbocycles. The lowest BCUT2D eigenvalue weighted by Crippen LogP contribution is -2.15. The Kier molecular flexibility index (Phi) is 4.53. The Morgan fingerprint density at radius 3 is 2.76 bits per heavy atom. The van der Waals surface area contributed by atoms with Crippen LogP contribution >= 0.6 is 27.5 Å². The van der Waals surface area contributed by atoms with Crippen LogP contribution < -0.4 is 10.1 Å². The van der Waals surface area contributed by atoms with E-state index >= 15 is 0 Å². The molecule has 110 valence electrons. The van der Waals surface area contributed by atoms with Crippen LogP contribution in [0.25, 0.3) is 0 Å². The van der Waals surface area contributed by atoms with Gasteiger partial charge in [0, 0.05) is 22.6 Å². The van der Waals surface area contributed by atoms with Crippen LogP contribution in [0.1, 0.15) is 24.0 Å². The van der Waals surface area contributed by atoms with E-state index in [1.165, 1.54) is 18.4 Å². The van der Waals surface area contributed by atoms with Gasteiger partial charge in [0.05, 0.1) is 5.02 Å². The van der Waals surface area contributed by atoms with Crippen LogP contribution in [0.15, 0.2) is 40.9 Å². The molecule has 0 bridgehead atoms. The molecule has 4 heteroatoms. The molecule has 1 N–H and O–H groups in total. The van der Waals surface area contributed by atoms with Crippen molar-refractivity contribution in [2.45, 2.75) is 32.4 Å². The summed E-state index contributed by atoms with van der Waals surface area (Å²) in [5.74, 6) is 1.52. The molecule has 0 amide bonds. The highest BCUT2D eigenvalue weighted by Crippen LogP contribution is 2.34. The van der Waals surface area contributed by atoms with Crippen LogP contribution in [0.4, 0.5) is 0 Å². The number of hydrogen-bond donors (Lipinski definition) is 1. The van der Waals surface area contributed by atoms with E-state index in [0.717, 1.165) is 22.3 Å². The minimum absolute atomic E-state index is 0.611. The van der Waals surface area contributed by atoms with E-state index in [1.54, 1.807) is 0 Å². The van der Waals surface area contributed by atoms with E-state index in [-0.39, 0.29) is 0 Å². The molecule has 2 nitrogen and oxygen atoms in total. The highest BCUT2D eigenvalue weighted by molar-refractivity contribution is 9.10. The van der Waals surface area contributed by atoms with Crippen LogP contribution in [-0.2, 0) is 6.54 Å². The molecule has 0 spiro atoms. The first-order valence-electron chi connectivity index (χ1n) is 7.07. The molecule has 1 aliphatic rings. The lowest BCUT2D eigenvalue weighted by Gasteiger charge is -2.14. The molecule has 0 atom stereocenters. The summed E-state index contributed by atoms with van der Waals surface area (Å²) in [7, 11) is 0. The lowest BCUT2D eigenvalue weighted by molar-refractivity contribution is 0.472. The third-order valence-corrected chi connectivity index (χ3v) is 4.29. The smallest absolute Gasteiger partial charge is 0.147 e. The topological polar surface area (TPSA) is 21.3 Å². The fourth-order valence-corrected chi connectivity index (χ4v) is 2.66. The van der Waals surface area contributed by atoms with Crippen molar-refractivity contribution in [2.24, 2.45) is 0 Å². The minimum Gasteiger partial charge on any atom is -0.455 e. The van der Waals surface area contributed by atoms with Crippen molar-refractivity contribution in [2.75, 3.05) is 0 Å². The first-order valence-corrected chi connectivity index (χ1v) is 8.25. The molecule has 0 aromatic heterocycles. The van der Waals surface area contributed by atoms with Crippen LogP contribution in [-0.4, -0.2) is 6.04 Å². The molecular weight excluding hydrogens is 350 g/mol. The van der Waals surface area contributed by atoms with Gasteiger partial charge in [-0.05, 0) is 44.0 Å². The summed E-state index contributed by atoms with van der Waals surface area (Å²) in [6.45, 7) is 2.92. The van der Waals surface area contributed by atoms with Crippen molar-refractivity contribution in [1.82, 2.24) is 5.32 Å². The molecule has 21 heavy (non-hydrogen) atoms. The van der Waals surface area contributed by atoms with Gasteiger partial charge >= 0.3 is 0 Å². The van der Waals surface area contributed by atoms with Crippen molar-refractivity contribution in [1.29, 1.82) is 0 Å². The van der Waals surface area contributed by atoms with Crippen molar-refractivity contribution in [3.63, 3.8) is 0 Å². The molecule has 0 unspecified atom stereocenters. The molecule has 0 saturated heterocycles. The zero-order valence-corrected chi connectivity index (χ0v) is 14.2. The number of benzene rings is 2. The summed E-state index contributed by atoms with van der Waals surface area (Å²) >= 11 is 9.65. The molecule has 0 radical (unpaired) electrons. The number of aryl methyl sites for hydroxylation is 1. The summed E-state index contributed by atoms with van der Waals surface area (Å²) in [6, 6.07) is 12.5. The Labute approximate surface area is 138 Å². The van der Waals surface area contributed by atoms with Gasteiger partial charge in [-0.15, -0.1) is 0 Å². The van der Waals surface area contributed by atoms with E-state index < -0.39 is 0 Å². The number of rotatable bonds is 5. The van der Waals surface area contributed by atoms with E-state index in [0.29, 0.717) is 16.8 Å². The predicted molar refractivity (Wildman–Crippen MR) is 90.3 cm³/mol. The predicted octanol–water partition coefficient (Wildman–Crippen LogP) is 5.46. The van der Waals surface area contributed by atoms with Gasteiger partial charge in [0.25, 0.3) is 0 Å². The van der Waals surface area contributed by atoms with E-state index in [9.17, 15) is 0 Å². The van der Waals surface area contributed by atoms with E-state index in [2.05, 4.69) is 40.3 Å². The second kappa shape index (κ2) is 6.39. The van der Waals surface area contributed by atoms with Crippen molar-refractivity contribution in [3.05, 3.63) is 57.0 Å². The number of hydrogen-bond acceptors (Lipinski definition) is 2. The van der Waals surface area contributed by atoms with Gasteiger partial charge < -0.3 is 10.1 Å². The Morgan fingerprint density at radius 2 is 2.00 bits per heavy atom. The maximum absolute atomic E-state index is 6.21. The Hall–Kier alpha value is -1.03. The van der Waals surface area contributed by atoms with Gasteiger partial charge in [0.1, 0.15) is 11.5 Å². The molecule has 0 heterocycles.